The Hall–Kier alpha value is -2.40. The number of terminal acetylenes is 1. The third-order valence-corrected chi connectivity index (χ3v) is 2.51. The Labute approximate surface area is 93.0 Å². The van der Waals surface area contributed by atoms with Crippen LogP contribution in [0.5, 0.6) is 0 Å². The Morgan fingerprint density at radius 1 is 0.812 bits per heavy atom. The molecule has 0 saturated heterocycles. The lowest BCUT2D eigenvalue weighted by atomic mass is 10.2. The lowest BCUT2D eigenvalue weighted by molar-refractivity contribution is 1.39. The molecule has 74 valence electrons. The number of nitrogens with zero attached hydrogens (tertiary/aromatic N) is 2. The molecule has 3 rings (SSSR count). The van der Waals surface area contributed by atoms with E-state index in [1.807, 2.05) is 42.5 Å². The summed E-state index contributed by atoms with van der Waals surface area (Å²) in [6.45, 7) is 0. The molecule has 0 bridgehead atoms. The number of para-hydroxylation sites is 2. The predicted octanol–water partition coefficient (Wildman–Crippen LogP) is 2.76. The van der Waals surface area contributed by atoms with E-state index in [1.54, 1.807) is 0 Å². The van der Waals surface area contributed by atoms with Crippen LogP contribution in [0.1, 0.15) is 5.56 Å². The van der Waals surface area contributed by atoms with Crippen LogP contribution in [-0.2, 0) is 0 Å². The minimum atomic E-state index is 0.831. The molecule has 16 heavy (non-hydrogen) atoms. The van der Waals surface area contributed by atoms with Crippen LogP contribution in [0.4, 0.5) is 0 Å². The van der Waals surface area contributed by atoms with Gasteiger partial charge in [-0.25, -0.2) is 9.97 Å². The number of aromatic nitrogens is 2. The van der Waals surface area contributed by atoms with Gasteiger partial charge in [0.2, 0.25) is 0 Å². The van der Waals surface area contributed by atoms with E-state index < -0.39 is 0 Å². The van der Waals surface area contributed by atoms with Crippen molar-refractivity contribution in [3.05, 3.63) is 48.0 Å². The molecule has 1 heterocycles. The first kappa shape index (κ1) is 8.87. The van der Waals surface area contributed by atoms with Gasteiger partial charge in [-0.05, 0) is 30.3 Å². The van der Waals surface area contributed by atoms with Crippen LogP contribution in [0, 0.1) is 12.3 Å². The van der Waals surface area contributed by atoms with Crippen molar-refractivity contribution in [3.63, 3.8) is 0 Å². The molecular weight excluding hydrogens is 196 g/mol. The molecule has 0 aliphatic carbocycles. The Morgan fingerprint density at radius 3 is 2.12 bits per heavy atom. The molecule has 0 radical (unpaired) electrons. The number of rotatable bonds is 0. The molecule has 0 aliphatic rings. The predicted molar refractivity (Wildman–Crippen MR) is 65.0 cm³/mol. The molecule has 0 amide bonds. The maximum absolute atomic E-state index is 5.36. The van der Waals surface area contributed by atoms with Crippen LogP contribution in [-0.4, -0.2) is 9.97 Å². The van der Waals surface area contributed by atoms with Crippen molar-refractivity contribution in [2.45, 2.75) is 0 Å². The third-order valence-electron chi connectivity index (χ3n) is 2.51. The summed E-state index contributed by atoms with van der Waals surface area (Å²) in [5, 5.41) is 0. The number of hydrogen-bond acceptors (Lipinski definition) is 2. The first-order valence-corrected chi connectivity index (χ1v) is 5.00. The molecule has 0 atom stereocenters. The second kappa shape index (κ2) is 3.32. The zero-order valence-electron chi connectivity index (χ0n) is 8.51. The molecular formula is C14H8N2. The quantitative estimate of drug-likeness (QED) is 0.415. The number of hydrogen-bond donors (Lipinski definition) is 0. The molecule has 0 fully saturated rings. The van der Waals surface area contributed by atoms with Crippen LogP contribution in [0.3, 0.4) is 0 Å². The maximum Gasteiger partial charge on any atom is 0.0907 e. The van der Waals surface area contributed by atoms with Crippen molar-refractivity contribution < 1.29 is 0 Å². The summed E-state index contributed by atoms with van der Waals surface area (Å²) >= 11 is 0. The highest BCUT2D eigenvalue weighted by Crippen LogP contribution is 2.16. The van der Waals surface area contributed by atoms with E-state index in [0.29, 0.717) is 0 Å². The van der Waals surface area contributed by atoms with Crippen LogP contribution in [0.25, 0.3) is 22.1 Å². The van der Waals surface area contributed by atoms with Gasteiger partial charge < -0.3 is 0 Å². The van der Waals surface area contributed by atoms with Crippen LogP contribution < -0.4 is 0 Å². The van der Waals surface area contributed by atoms with E-state index in [9.17, 15) is 0 Å². The van der Waals surface area contributed by atoms with Gasteiger partial charge in [0.1, 0.15) is 0 Å². The fourth-order valence-corrected chi connectivity index (χ4v) is 1.71. The third kappa shape index (κ3) is 1.31. The topological polar surface area (TPSA) is 25.8 Å². The first-order valence-electron chi connectivity index (χ1n) is 5.00. The zero-order chi connectivity index (χ0) is 11.0. The van der Waals surface area contributed by atoms with Crippen LogP contribution in [0.15, 0.2) is 42.5 Å². The molecule has 2 aromatic carbocycles. The van der Waals surface area contributed by atoms with Gasteiger partial charge in [0.25, 0.3) is 0 Å². The standard InChI is InChI=1S/C14H8N2/c1-2-10-7-8-13-14(9-10)16-12-6-4-3-5-11(12)15-13/h1,3-9H. The van der Waals surface area contributed by atoms with Gasteiger partial charge >= 0.3 is 0 Å². The molecule has 0 aliphatic heterocycles. The average Bonchev–Trinajstić information content (AvgIpc) is 2.35. The Morgan fingerprint density at radius 2 is 1.44 bits per heavy atom. The van der Waals surface area contributed by atoms with E-state index in [4.69, 9.17) is 6.42 Å². The normalized spacial score (nSPS) is 10.4. The van der Waals surface area contributed by atoms with Crippen LogP contribution >= 0.6 is 0 Å². The van der Waals surface area contributed by atoms with Crippen LogP contribution in [0.2, 0.25) is 0 Å². The average molecular weight is 204 g/mol. The summed E-state index contributed by atoms with van der Waals surface area (Å²) in [4.78, 5) is 9.05. The van der Waals surface area contributed by atoms with Crippen molar-refractivity contribution in [2.24, 2.45) is 0 Å². The first-order chi connectivity index (χ1) is 7.86. The summed E-state index contributed by atoms with van der Waals surface area (Å²) in [5.41, 5.74) is 4.34. The van der Waals surface area contributed by atoms with Crippen molar-refractivity contribution in [1.29, 1.82) is 0 Å². The van der Waals surface area contributed by atoms with E-state index in [0.717, 1.165) is 27.6 Å². The van der Waals surface area contributed by atoms with Crippen molar-refractivity contribution >= 4 is 22.1 Å². The van der Waals surface area contributed by atoms with Gasteiger partial charge in [0, 0.05) is 5.56 Å². The molecule has 0 N–H and O–H groups in total. The molecule has 2 nitrogen and oxygen atoms in total. The monoisotopic (exact) mass is 204 g/mol. The Kier molecular flexibility index (Phi) is 1.84. The van der Waals surface area contributed by atoms with Gasteiger partial charge in [-0.3, -0.25) is 0 Å². The Bertz CT molecular complexity index is 723. The molecule has 0 spiro atoms. The molecule has 0 saturated carbocycles. The van der Waals surface area contributed by atoms with Gasteiger partial charge in [0.15, 0.2) is 0 Å². The lowest BCUT2D eigenvalue weighted by Crippen LogP contribution is -1.87. The summed E-state index contributed by atoms with van der Waals surface area (Å²) in [7, 11) is 0. The van der Waals surface area contributed by atoms with Crippen molar-refractivity contribution in [1.82, 2.24) is 9.97 Å². The van der Waals surface area contributed by atoms with Crippen molar-refractivity contribution in [3.8, 4) is 12.3 Å². The fourth-order valence-electron chi connectivity index (χ4n) is 1.71. The van der Waals surface area contributed by atoms with E-state index >= 15 is 0 Å². The molecule has 1 aromatic heterocycles. The fraction of sp³-hybridized carbons (Fsp3) is 0. The van der Waals surface area contributed by atoms with E-state index in [1.165, 1.54) is 0 Å². The minimum Gasteiger partial charge on any atom is -0.245 e. The highest BCUT2D eigenvalue weighted by atomic mass is 14.8. The molecule has 2 heteroatoms. The SMILES string of the molecule is C#Cc1ccc2nc3ccccc3nc2c1. The Balaban J connectivity index is 2.43. The van der Waals surface area contributed by atoms with Gasteiger partial charge in [-0.1, -0.05) is 18.1 Å². The summed E-state index contributed by atoms with van der Waals surface area (Å²) in [5.74, 6) is 2.60. The number of benzene rings is 2. The zero-order valence-corrected chi connectivity index (χ0v) is 8.51. The largest absolute Gasteiger partial charge is 0.245 e. The van der Waals surface area contributed by atoms with E-state index in [-0.39, 0.29) is 0 Å². The number of fused-ring (bicyclic) bond motifs is 2. The summed E-state index contributed by atoms with van der Waals surface area (Å²) in [6, 6.07) is 13.5. The van der Waals surface area contributed by atoms with E-state index in [2.05, 4.69) is 15.9 Å². The second-order valence-electron chi connectivity index (χ2n) is 3.56. The summed E-state index contributed by atoms with van der Waals surface area (Å²) in [6.07, 6.45) is 5.36. The highest BCUT2D eigenvalue weighted by Gasteiger charge is 2.00. The lowest BCUT2D eigenvalue weighted by Gasteiger charge is -2.00. The summed E-state index contributed by atoms with van der Waals surface area (Å²) < 4.78 is 0. The molecule has 3 aromatic rings. The molecule has 0 unspecified atom stereocenters. The second-order valence-corrected chi connectivity index (χ2v) is 3.56. The van der Waals surface area contributed by atoms with Gasteiger partial charge in [-0.15, -0.1) is 6.42 Å². The smallest absolute Gasteiger partial charge is 0.0907 e. The van der Waals surface area contributed by atoms with Crippen molar-refractivity contribution in [2.75, 3.05) is 0 Å². The maximum atomic E-state index is 5.36. The minimum absolute atomic E-state index is 0.831. The van der Waals surface area contributed by atoms with Gasteiger partial charge in [-0.2, -0.15) is 0 Å². The van der Waals surface area contributed by atoms with Gasteiger partial charge in [0.05, 0.1) is 22.1 Å². The highest BCUT2D eigenvalue weighted by molar-refractivity contribution is 5.86.